The van der Waals surface area contributed by atoms with E-state index in [2.05, 4.69) is 15.6 Å². The van der Waals surface area contributed by atoms with Crippen LogP contribution in [-0.4, -0.2) is 65.1 Å². The van der Waals surface area contributed by atoms with Gasteiger partial charge in [0.15, 0.2) is 5.96 Å². The number of carbonyl (C=O) groups is 4. The molecule has 31 heavy (non-hydrogen) atoms. The number of rotatable bonds is 11. The van der Waals surface area contributed by atoms with Gasteiger partial charge in [-0.3, -0.25) is 19.4 Å². The van der Waals surface area contributed by atoms with Gasteiger partial charge in [0.2, 0.25) is 11.8 Å². The van der Waals surface area contributed by atoms with Crippen LogP contribution in [0.3, 0.4) is 0 Å². The number of hydrogen-bond donors (Lipinski definition) is 7. The maximum Gasteiger partial charge on any atom is 0.326 e. The molecule has 0 spiro atoms. The molecule has 12 heteroatoms. The summed E-state index contributed by atoms with van der Waals surface area (Å²) in [5.74, 6) is -3.21. The summed E-state index contributed by atoms with van der Waals surface area (Å²) in [6.45, 7) is 1.05. The number of nitrogens with zero attached hydrogens (tertiary/aromatic N) is 1. The van der Waals surface area contributed by atoms with Crippen molar-refractivity contribution in [2.24, 2.45) is 22.2 Å². The fraction of sp³-hybridized carbons (Fsp3) is 0.421. The Bertz CT molecular complexity index is 748. The number of hydrogen-bond acceptors (Lipinski definition) is 6. The molecule has 0 saturated heterocycles. The average molecular weight is 438 g/mol. The molecule has 0 fully saturated rings. The van der Waals surface area contributed by atoms with E-state index in [9.17, 15) is 19.5 Å². The highest BCUT2D eigenvalue weighted by Crippen LogP contribution is 2.05. The zero-order chi connectivity index (χ0) is 23.8. The summed E-state index contributed by atoms with van der Waals surface area (Å²) in [5.41, 5.74) is 16.5. The van der Waals surface area contributed by atoms with Gasteiger partial charge in [-0.15, -0.1) is 0 Å². The Morgan fingerprint density at radius 3 is 2.10 bits per heavy atom. The Morgan fingerprint density at radius 2 is 1.61 bits per heavy atom. The molecule has 10 N–H and O–H groups in total. The molecule has 1 aromatic carbocycles. The van der Waals surface area contributed by atoms with Crippen molar-refractivity contribution in [1.82, 2.24) is 10.6 Å². The van der Waals surface area contributed by atoms with E-state index in [1.165, 1.54) is 0 Å². The molecule has 1 rings (SSSR count). The lowest BCUT2D eigenvalue weighted by Crippen LogP contribution is -2.53. The first kappa shape index (κ1) is 27.3. The zero-order valence-corrected chi connectivity index (χ0v) is 17.3. The summed E-state index contributed by atoms with van der Waals surface area (Å²) >= 11 is 0. The lowest BCUT2D eigenvalue weighted by molar-refractivity contribution is -0.142. The third kappa shape index (κ3) is 14.0. The quantitative estimate of drug-likeness (QED) is 0.120. The fourth-order valence-electron chi connectivity index (χ4n) is 2.35. The second kappa shape index (κ2) is 15.2. The van der Waals surface area contributed by atoms with Crippen molar-refractivity contribution in [1.29, 1.82) is 0 Å². The van der Waals surface area contributed by atoms with Crippen molar-refractivity contribution < 1.29 is 29.4 Å². The molecule has 2 amide bonds. The van der Waals surface area contributed by atoms with Crippen LogP contribution in [0.2, 0.25) is 0 Å². The van der Waals surface area contributed by atoms with Crippen LogP contribution >= 0.6 is 0 Å². The maximum atomic E-state index is 12.6. The molecular weight excluding hydrogens is 408 g/mol. The molecule has 0 aliphatic rings. The van der Waals surface area contributed by atoms with Crippen LogP contribution in [0.1, 0.15) is 25.3 Å². The first-order chi connectivity index (χ1) is 14.6. The predicted octanol–water partition coefficient (Wildman–Crippen LogP) is -1.61. The number of carboxylic acids is 2. The second-order valence-electron chi connectivity index (χ2n) is 6.38. The predicted molar refractivity (Wildman–Crippen MR) is 114 cm³/mol. The Kier molecular flexibility index (Phi) is 13.4. The largest absolute Gasteiger partial charge is 0.481 e. The molecule has 2 unspecified atom stereocenters. The van der Waals surface area contributed by atoms with Crippen LogP contribution in [0.5, 0.6) is 0 Å². The normalized spacial score (nSPS) is 11.7. The fourth-order valence-corrected chi connectivity index (χ4v) is 2.35. The summed E-state index contributed by atoms with van der Waals surface area (Å²) in [4.78, 5) is 48.4. The van der Waals surface area contributed by atoms with Crippen LogP contribution in [0.15, 0.2) is 35.3 Å². The molecule has 0 heterocycles. The van der Waals surface area contributed by atoms with Gasteiger partial charge in [-0.05, 0) is 18.4 Å². The molecule has 0 aliphatic carbocycles. The Morgan fingerprint density at radius 1 is 1.03 bits per heavy atom. The third-order valence-electron chi connectivity index (χ3n) is 3.68. The molecule has 0 saturated carbocycles. The average Bonchev–Trinajstić information content (AvgIpc) is 2.69. The topological polar surface area (TPSA) is 223 Å². The second-order valence-corrected chi connectivity index (χ2v) is 6.38. The van der Waals surface area contributed by atoms with Crippen LogP contribution in [0.4, 0.5) is 0 Å². The van der Waals surface area contributed by atoms with Crippen molar-refractivity contribution in [2.75, 3.05) is 13.1 Å². The highest BCUT2D eigenvalue weighted by Gasteiger charge is 2.26. The van der Waals surface area contributed by atoms with E-state index in [-0.39, 0.29) is 31.9 Å². The lowest BCUT2D eigenvalue weighted by Gasteiger charge is -2.21. The van der Waals surface area contributed by atoms with E-state index in [1.54, 1.807) is 24.3 Å². The van der Waals surface area contributed by atoms with Gasteiger partial charge in [-0.1, -0.05) is 30.3 Å². The van der Waals surface area contributed by atoms with Crippen molar-refractivity contribution in [3.8, 4) is 0 Å². The number of benzene rings is 1. The van der Waals surface area contributed by atoms with Crippen molar-refractivity contribution in [3.05, 3.63) is 35.9 Å². The Labute approximate surface area is 179 Å². The van der Waals surface area contributed by atoms with Crippen LogP contribution in [0.25, 0.3) is 0 Å². The molecule has 1 aromatic rings. The Hall–Kier alpha value is -3.67. The number of carbonyl (C=O) groups excluding carboxylic acids is 2. The minimum atomic E-state index is -1.18. The van der Waals surface area contributed by atoms with Gasteiger partial charge in [0, 0.05) is 19.9 Å². The first-order valence-electron chi connectivity index (χ1n) is 9.38. The molecule has 172 valence electrons. The van der Waals surface area contributed by atoms with E-state index in [4.69, 9.17) is 27.1 Å². The number of guanidine groups is 1. The SMILES string of the molecule is CC(=O)O.NCC(=O)NC(Cc1ccccc1)C(=O)NC(CCCN=C(N)N)C(=O)O. The van der Waals surface area contributed by atoms with E-state index < -0.39 is 35.8 Å². The van der Waals surface area contributed by atoms with Crippen LogP contribution in [-0.2, 0) is 25.6 Å². The third-order valence-corrected chi connectivity index (χ3v) is 3.68. The monoisotopic (exact) mass is 438 g/mol. The van der Waals surface area contributed by atoms with Gasteiger partial charge >= 0.3 is 5.97 Å². The summed E-state index contributed by atoms with van der Waals surface area (Å²) in [5, 5.41) is 21.7. The van der Waals surface area contributed by atoms with Gasteiger partial charge in [0.1, 0.15) is 12.1 Å². The molecular formula is C19H30N6O6. The van der Waals surface area contributed by atoms with Gasteiger partial charge in [0.05, 0.1) is 6.54 Å². The molecule has 0 aromatic heterocycles. The highest BCUT2D eigenvalue weighted by atomic mass is 16.4. The standard InChI is InChI=1S/C17H26N6O4.C2H4O2/c18-10-14(24)22-13(9-11-5-2-1-3-6-11)15(25)23-12(16(26)27)7-4-8-21-17(19)20;1-2(3)4/h1-3,5-6,12-13H,4,7-10,18H2,(H,22,24)(H,23,25)(H,26,27)(H4,19,20,21);1H3,(H,3,4). The lowest BCUT2D eigenvalue weighted by atomic mass is 10.0. The minimum absolute atomic E-state index is 0.0849. The number of aliphatic carboxylic acids is 2. The van der Waals surface area contributed by atoms with Crippen molar-refractivity contribution in [3.63, 3.8) is 0 Å². The van der Waals surface area contributed by atoms with E-state index in [0.29, 0.717) is 6.42 Å². The molecule has 0 aliphatic heterocycles. The number of nitrogens with one attached hydrogen (secondary N) is 2. The number of carboxylic acid groups (broad SMARTS) is 2. The number of aliphatic imine (C=N–C) groups is 1. The van der Waals surface area contributed by atoms with Gasteiger partial charge in [-0.2, -0.15) is 0 Å². The van der Waals surface area contributed by atoms with Crippen molar-refractivity contribution in [2.45, 2.75) is 38.3 Å². The Balaban J connectivity index is 0.00000206. The smallest absolute Gasteiger partial charge is 0.326 e. The molecule has 0 radical (unpaired) electrons. The minimum Gasteiger partial charge on any atom is -0.481 e. The molecule has 12 nitrogen and oxygen atoms in total. The van der Waals surface area contributed by atoms with E-state index >= 15 is 0 Å². The summed E-state index contributed by atoms with van der Waals surface area (Å²) in [6, 6.07) is 6.98. The van der Waals surface area contributed by atoms with E-state index in [0.717, 1.165) is 12.5 Å². The summed E-state index contributed by atoms with van der Waals surface area (Å²) < 4.78 is 0. The first-order valence-corrected chi connectivity index (χ1v) is 9.38. The van der Waals surface area contributed by atoms with Crippen LogP contribution < -0.4 is 27.8 Å². The highest BCUT2D eigenvalue weighted by molar-refractivity contribution is 5.91. The zero-order valence-electron chi connectivity index (χ0n) is 17.3. The van der Waals surface area contributed by atoms with Crippen LogP contribution in [0, 0.1) is 0 Å². The molecule has 0 bridgehead atoms. The summed E-state index contributed by atoms with van der Waals surface area (Å²) in [6.07, 6.45) is 0.715. The number of nitrogens with two attached hydrogens (primary N) is 3. The summed E-state index contributed by atoms with van der Waals surface area (Å²) in [7, 11) is 0. The van der Waals surface area contributed by atoms with Gasteiger partial charge < -0.3 is 38.0 Å². The van der Waals surface area contributed by atoms with Gasteiger partial charge in [0.25, 0.3) is 5.97 Å². The van der Waals surface area contributed by atoms with E-state index in [1.807, 2.05) is 6.07 Å². The number of amides is 2. The van der Waals surface area contributed by atoms with Gasteiger partial charge in [-0.25, -0.2) is 4.79 Å². The molecule has 2 atom stereocenters. The maximum absolute atomic E-state index is 12.6. The van der Waals surface area contributed by atoms with Crippen molar-refractivity contribution >= 4 is 29.7 Å².